The maximum absolute atomic E-state index is 12.1. The maximum atomic E-state index is 12.1. The minimum Gasteiger partial charge on any atom is -0.493 e. The number of carbonyl (C=O) groups excluding carboxylic acids is 1. The Morgan fingerprint density at radius 3 is 2.53 bits per heavy atom. The van der Waals surface area contributed by atoms with Crippen LogP contribution in [0.15, 0.2) is 30.3 Å². The van der Waals surface area contributed by atoms with Gasteiger partial charge in [0.2, 0.25) is 0 Å². The van der Waals surface area contributed by atoms with Crippen LogP contribution in [-0.2, 0) is 22.5 Å². The van der Waals surface area contributed by atoms with E-state index >= 15 is 0 Å². The third-order valence-electron chi connectivity index (χ3n) is 8.06. The standard InChI is InChI=1S/C29H34N2O5/c1-33-27-15-23-21-13-18-5-4-10-31(18)17-25(21)20-8-7-19(14-22(20)24(23)16-28(27)34-2)35-11-12-36-29(32)26-6-3-9-30-26/h7-8,14-16,18,26,30H,3-6,9-13,17H2,1-2H3/t18-,26+/m1/s1. The normalized spacial score (nSPS) is 21.4. The summed E-state index contributed by atoms with van der Waals surface area (Å²) in [6.07, 6.45) is 5.45. The van der Waals surface area contributed by atoms with Crippen molar-refractivity contribution in [2.24, 2.45) is 0 Å². The first-order valence-electron chi connectivity index (χ1n) is 13.1. The van der Waals surface area contributed by atoms with Gasteiger partial charge >= 0.3 is 5.97 Å². The van der Waals surface area contributed by atoms with Gasteiger partial charge in [-0.3, -0.25) is 9.69 Å². The molecule has 3 heterocycles. The second kappa shape index (κ2) is 9.79. The molecule has 3 aromatic rings. The lowest BCUT2D eigenvalue weighted by Crippen LogP contribution is -2.35. The summed E-state index contributed by atoms with van der Waals surface area (Å²) < 4.78 is 22.8. The smallest absolute Gasteiger partial charge is 0.323 e. The van der Waals surface area contributed by atoms with E-state index in [-0.39, 0.29) is 18.6 Å². The molecule has 3 aliphatic heterocycles. The molecule has 3 aromatic carbocycles. The monoisotopic (exact) mass is 490 g/mol. The van der Waals surface area contributed by atoms with Crippen molar-refractivity contribution in [3.05, 3.63) is 41.5 Å². The fourth-order valence-electron chi connectivity index (χ4n) is 6.25. The Morgan fingerprint density at radius 1 is 0.944 bits per heavy atom. The topological polar surface area (TPSA) is 69.3 Å². The number of methoxy groups -OCH3 is 2. The van der Waals surface area contributed by atoms with Gasteiger partial charge in [-0.2, -0.15) is 0 Å². The van der Waals surface area contributed by atoms with Crippen LogP contribution in [0.5, 0.6) is 17.2 Å². The number of esters is 1. The lowest BCUT2D eigenvalue weighted by molar-refractivity contribution is -0.146. The molecule has 0 saturated carbocycles. The van der Waals surface area contributed by atoms with Crippen LogP contribution in [0.4, 0.5) is 0 Å². The Labute approximate surface area is 211 Å². The molecule has 0 unspecified atom stereocenters. The first kappa shape index (κ1) is 23.4. The second-order valence-corrected chi connectivity index (χ2v) is 10.1. The highest BCUT2D eigenvalue weighted by Gasteiger charge is 2.32. The summed E-state index contributed by atoms with van der Waals surface area (Å²) in [6, 6.07) is 11.0. The van der Waals surface area contributed by atoms with Gasteiger partial charge in [0.15, 0.2) is 11.5 Å². The summed E-state index contributed by atoms with van der Waals surface area (Å²) in [5.41, 5.74) is 2.84. The zero-order chi connectivity index (χ0) is 24.6. The highest BCUT2D eigenvalue weighted by atomic mass is 16.6. The number of rotatable bonds is 7. The number of nitrogens with zero attached hydrogens (tertiary/aromatic N) is 1. The summed E-state index contributed by atoms with van der Waals surface area (Å²) >= 11 is 0. The SMILES string of the molecule is COc1cc2c3c(c4ccc(OCCOC(=O)[C@@H]5CCCN5)cc4c2cc1OC)CN1CCC[C@@H]1C3. The zero-order valence-electron chi connectivity index (χ0n) is 21.1. The quantitative estimate of drug-likeness (QED) is 0.302. The van der Waals surface area contributed by atoms with Crippen molar-refractivity contribution in [1.82, 2.24) is 10.2 Å². The molecule has 2 atom stereocenters. The molecule has 0 bridgehead atoms. The van der Waals surface area contributed by atoms with E-state index in [1.54, 1.807) is 14.2 Å². The van der Waals surface area contributed by atoms with E-state index < -0.39 is 0 Å². The van der Waals surface area contributed by atoms with Crippen LogP contribution in [0.3, 0.4) is 0 Å². The minimum absolute atomic E-state index is 0.176. The molecule has 0 spiro atoms. The van der Waals surface area contributed by atoms with Gasteiger partial charge < -0.3 is 24.3 Å². The molecule has 7 nitrogen and oxygen atoms in total. The summed E-state index contributed by atoms with van der Waals surface area (Å²) in [4.78, 5) is 14.8. The average Bonchev–Trinajstić information content (AvgIpc) is 3.61. The third kappa shape index (κ3) is 4.14. The van der Waals surface area contributed by atoms with Crippen LogP contribution >= 0.6 is 0 Å². The summed E-state index contributed by atoms with van der Waals surface area (Å²) in [6.45, 7) is 3.58. The van der Waals surface area contributed by atoms with Gasteiger partial charge in [0.05, 0.1) is 14.2 Å². The second-order valence-electron chi connectivity index (χ2n) is 10.1. The van der Waals surface area contributed by atoms with Crippen LogP contribution in [0, 0.1) is 0 Å². The van der Waals surface area contributed by atoms with Crippen LogP contribution in [0.25, 0.3) is 21.5 Å². The Kier molecular flexibility index (Phi) is 6.36. The van der Waals surface area contributed by atoms with Gasteiger partial charge in [-0.1, -0.05) is 6.07 Å². The Morgan fingerprint density at radius 2 is 1.75 bits per heavy atom. The van der Waals surface area contributed by atoms with Gasteiger partial charge in [0.25, 0.3) is 0 Å². The van der Waals surface area contributed by atoms with Gasteiger partial charge in [0.1, 0.15) is 25.0 Å². The highest BCUT2D eigenvalue weighted by Crippen LogP contribution is 2.44. The van der Waals surface area contributed by atoms with Crippen molar-refractivity contribution in [3.63, 3.8) is 0 Å². The van der Waals surface area contributed by atoms with Crippen molar-refractivity contribution in [2.75, 3.05) is 40.5 Å². The molecule has 3 aliphatic rings. The number of nitrogens with one attached hydrogen (secondary N) is 1. The average molecular weight is 491 g/mol. The van der Waals surface area contributed by atoms with Gasteiger partial charge in [-0.25, -0.2) is 0 Å². The maximum Gasteiger partial charge on any atom is 0.323 e. The van der Waals surface area contributed by atoms with E-state index in [1.165, 1.54) is 41.3 Å². The van der Waals surface area contributed by atoms with E-state index in [9.17, 15) is 4.79 Å². The molecule has 7 heteroatoms. The molecule has 190 valence electrons. The van der Waals surface area contributed by atoms with E-state index in [0.29, 0.717) is 12.6 Å². The Hall–Kier alpha value is -3.03. The van der Waals surface area contributed by atoms with Gasteiger partial charge in [-0.05, 0) is 102 Å². The highest BCUT2D eigenvalue weighted by molar-refractivity contribution is 6.12. The summed E-state index contributed by atoms with van der Waals surface area (Å²) in [5, 5.41) is 7.96. The minimum atomic E-state index is -0.187. The predicted octanol–water partition coefficient (Wildman–Crippen LogP) is 4.20. The van der Waals surface area contributed by atoms with Crippen LogP contribution in [0.2, 0.25) is 0 Å². The lowest BCUT2D eigenvalue weighted by atomic mass is 9.85. The number of hydrogen-bond donors (Lipinski definition) is 1. The van der Waals surface area contributed by atoms with Gasteiger partial charge in [-0.15, -0.1) is 0 Å². The fraction of sp³-hybridized carbons (Fsp3) is 0.483. The van der Waals surface area contributed by atoms with Crippen molar-refractivity contribution >= 4 is 27.5 Å². The van der Waals surface area contributed by atoms with E-state index in [4.69, 9.17) is 18.9 Å². The largest absolute Gasteiger partial charge is 0.493 e. The number of fused-ring (bicyclic) bond motifs is 7. The number of benzene rings is 3. The van der Waals surface area contributed by atoms with E-state index in [1.807, 2.05) is 6.07 Å². The number of carbonyl (C=O) groups is 1. The summed E-state index contributed by atoms with van der Waals surface area (Å²) in [7, 11) is 3.37. The molecule has 36 heavy (non-hydrogen) atoms. The Bertz CT molecular complexity index is 1300. The molecule has 0 aliphatic carbocycles. The van der Waals surface area contributed by atoms with E-state index in [2.05, 4.69) is 34.5 Å². The molecule has 6 rings (SSSR count). The molecule has 0 amide bonds. The molecule has 0 aromatic heterocycles. The van der Waals surface area contributed by atoms with Crippen molar-refractivity contribution in [3.8, 4) is 17.2 Å². The molecule has 0 radical (unpaired) electrons. The lowest BCUT2D eigenvalue weighted by Gasteiger charge is -2.33. The third-order valence-corrected chi connectivity index (χ3v) is 8.06. The van der Waals surface area contributed by atoms with Crippen LogP contribution in [0.1, 0.15) is 36.8 Å². The van der Waals surface area contributed by atoms with Gasteiger partial charge in [0, 0.05) is 12.6 Å². The first-order chi connectivity index (χ1) is 17.7. The van der Waals surface area contributed by atoms with Crippen LogP contribution in [-0.4, -0.2) is 63.5 Å². The fourth-order valence-corrected chi connectivity index (χ4v) is 6.25. The number of ether oxygens (including phenoxy) is 4. The molecule has 2 fully saturated rings. The van der Waals surface area contributed by atoms with Crippen molar-refractivity contribution in [2.45, 2.75) is 50.7 Å². The molecular weight excluding hydrogens is 456 g/mol. The first-order valence-corrected chi connectivity index (χ1v) is 13.1. The number of hydrogen-bond acceptors (Lipinski definition) is 7. The van der Waals surface area contributed by atoms with Crippen molar-refractivity contribution in [1.29, 1.82) is 0 Å². The Balaban J connectivity index is 1.33. The molecular formula is C29H34N2O5. The van der Waals surface area contributed by atoms with Crippen molar-refractivity contribution < 1.29 is 23.7 Å². The molecule has 2 saturated heterocycles. The van der Waals surface area contributed by atoms with E-state index in [0.717, 1.165) is 60.4 Å². The molecule has 1 N–H and O–H groups in total. The van der Waals surface area contributed by atoms with Crippen LogP contribution < -0.4 is 19.5 Å². The zero-order valence-corrected chi connectivity index (χ0v) is 21.1. The predicted molar refractivity (Wildman–Crippen MR) is 139 cm³/mol. The summed E-state index contributed by atoms with van der Waals surface area (Å²) in [5.74, 6) is 2.06.